The van der Waals surface area contributed by atoms with E-state index in [1.54, 1.807) is 0 Å². The van der Waals surface area contributed by atoms with Crippen LogP contribution in [0.25, 0.3) is 0 Å². The second-order valence-corrected chi connectivity index (χ2v) is 4.14. The van der Waals surface area contributed by atoms with Gasteiger partial charge in [0, 0.05) is 6.20 Å². The van der Waals surface area contributed by atoms with E-state index in [2.05, 4.69) is 11.2 Å². The zero-order valence-corrected chi connectivity index (χ0v) is 8.46. The van der Waals surface area contributed by atoms with Crippen LogP contribution in [0.5, 0.6) is 0 Å². The standard InChI is InChI=1S/C10H10F3N3/c11-10(12,13)8-2-5-16(15-8)7-9(6-14)3-1-4-9/h2,5H,1,3-4,7H2. The first-order chi connectivity index (χ1) is 7.45. The summed E-state index contributed by atoms with van der Waals surface area (Å²) in [5, 5.41) is 12.4. The van der Waals surface area contributed by atoms with Gasteiger partial charge in [-0.1, -0.05) is 6.42 Å². The summed E-state index contributed by atoms with van der Waals surface area (Å²) in [5.41, 5.74) is -1.41. The largest absolute Gasteiger partial charge is 0.435 e. The molecule has 1 aliphatic carbocycles. The van der Waals surface area contributed by atoms with E-state index in [0.29, 0.717) is 0 Å². The quantitative estimate of drug-likeness (QED) is 0.782. The van der Waals surface area contributed by atoms with Crippen molar-refractivity contribution in [3.8, 4) is 6.07 Å². The predicted molar refractivity (Wildman–Crippen MR) is 49.1 cm³/mol. The van der Waals surface area contributed by atoms with Crippen LogP contribution in [0.1, 0.15) is 25.0 Å². The molecule has 0 unspecified atom stereocenters. The highest BCUT2D eigenvalue weighted by atomic mass is 19.4. The Morgan fingerprint density at radius 1 is 1.50 bits per heavy atom. The Kier molecular flexibility index (Phi) is 2.41. The maximum atomic E-state index is 12.3. The Morgan fingerprint density at radius 3 is 2.56 bits per heavy atom. The van der Waals surface area contributed by atoms with Gasteiger partial charge in [-0.15, -0.1) is 0 Å². The molecule has 16 heavy (non-hydrogen) atoms. The van der Waals surface area contributed by atoms with Crippen LogP contribution < -0.4 is 0 Å². The van der Waals surface area contributed by atoms with Gasteiger partial charge < -0.3 is 0 Å². The second-order valence-electron chi connectivity index (χ2n) is 4.14. The topological polar surface area (TPSA) is 41.6 Å². The molecule has 0 N–H and O–H groups in total. The van der Waals surface area contributed by atoms with Gasteiger partial charge in [0.15, 0.2) is 5.69 Å². The smallest absolute Gasteiger partial charge is 0.271 e. The molecule has 1 fully saturated rings. The number of nitriles is 1. The summed E-state index contributed by atoms with van der Waals surface area (Å²) in [5.74, 6) is 0. The van der Waals surface area contributed by atoms with Crippen molar-refractivity contribution in [2.75, 3.05) is 0 Å². The number of hydrogen-bond acceptors (Lipinski definition) is 2. The van der Waals surface area contributed by atoms with Gasteiger partial charge >= 0.3 is 6.18 Å². The van der Waals surface area contributed by atoms with Crippen molar-refractivity contribution >= 4 is 0 Å². The van der Waals surface area contributed by atoms with Gasteiger partial charge in [0.1, 0.15) is 0 Å². The van der Waals surface area contributed by atoms with Crippen LogP contribution in [0.4, 0.5) is 13.2 Å². The minimum Gasteiger partial charge on any atom is -0.271 e. The summed E-state index contributed by atoms with van der Waals surface area (Å²) < 4.78 is 38.0. The Balaban J connectivity index is 2.12. The number of aromatic nitrogens is 2. The van der Waals surface area contributed by atoms with E-state index >= 15 is 0 Å². The van der Waals surface area contributed by atoms with Gasteiger partial charge in [0.2, 0.25) is 0 Å². The van der Waals surface area contributed by atoms with Crippen molar-refractivity contribution in [2.24, 2.45) is 5.41 Å². The second kappa shape index (κ2) is 3.51. The van der Waals surface area contributed by atoms with E-state index in [1.807, 2.05) is 0 Å². The highest BCUT2D eigenvalue weighted by Crippen LogP contribution is 2.41. The van der Waals surface area contributed by atoms with Crippen LogP contribution >= 0.6 is 0 Å². The van der Waals surface area contributed by atoms with Crippen LogP contribution in [-0.4, -0.2) is 9.78 Å². The highest BCUT2D eigenvalue weighted by Gasteiger charge is 2.39. The first-order valence-electron chi connectivity index (χ1n) is 4.97. The zero-order valence-electron chi connectivity index (χ0n) is 8.46. The molecular weight excluding hydrogens is 219 g/mol. The fourth-order valence-electron chi connectivity index (χ4n) is 1.82. The molecule has 1 aliphatic rings. The van der Waals surface area contributed by atoms with Crippen molar-refractivity contribution in [3.05, 3.63) is 18.0 Å². The third-order valence-corrected chi connectivity index (χ3v) is 2.94. The van der Waals surface area contributed by atoms with Gasteiger partial charge in [0.25, 0.3) is 0 Å². The SMILES string of the molecule is N#CC1(Cn2ccc(C(F)(F)F)n2)CCC1. The van der Waals surface area contributed by atoms with Crippen molar-refractivity contribution < 1.29 is 13.2 Å². The van der Waals surface area contributed by atoms with E-state index in [0.717, 1.165) is 25.3 Å². The molecular formula is C10H10F3N3. The van der Waals surface area contributed by atoms with Gasteiger partial charge in [-0.25, -0.2) is 0 Å². The lowest BCUT2D eigenvalue weighted by Crippen LogP contribution is -2.32. The molecule has 3 nitrogen and oxygen atoms in total. The number of halogens is 3. The lowest BCUT2D eigenvalue weighted by Gasteiger charge is -2.34. The first kappa shape index (κ1) is 11.0. The molecule has 0 atom stereocenters. The molecule has 1 heterocycles. The average molecular weight is 229 g/mol. The molecule has 0 amide bonds. The number of rotatable bonds is 2. The lowest BCUT2D eigenvalue weighted by atomic mass is 9.70. The highest BCUT2D eigenvalue weighted by molar-refractivity contribution is 5.07. The molecule has 6 heteroatoms. The van der Waals surface area contributed by atoms with Gasteiger partial charge in [0.05, 0.1) is 18.0 Å². The number of nitrogens with zero attached hydrogens (tertiary/aromatic N) is 3. The predicted octanol–water partition coefficient (Wildman–Crippen LogP) is 2.60. The van der Waals surface area contributed by atoms with Crippen molar-refractivity contribution in [1.29, 1.82) is 5.26 Å². The molecule has 0 bridgehead atoms. The molecule has 2 rings (SSSR count). The molecule has 0 saturated heterocycles. The Morgan fingerprint density at radius 2 is 2.19 bits per heavy atom. The first-order valence-corrected chi connectivity index (χ1v) is 4.97. The van der Waals surface area contributed by atoms with Gasteiger partial charge in [-0.05, 0) is 18.9 Å². The van der Waals surface area contributed by atoms with Crippen LogP contribution in [0.15, 0.2) is 12.3 Å². The number of hydrogen-bond donors (Lipinski definition) is 0. The molecule has 0 radical (unpaired) electrons. The Bertz CT molecular complexity index is 423. The fourth-order valence-corrected chi connectivity index (χ4v) is 1.82. The van der Waals surface area contributed by atoms with E-state index in [4.69, 9.17) is 5.26 Å². The van der Waals surface area contributed by atoms with E-state index in [-0.39, 0.29) is 6.54 Å². The minimum absolute atomic E-state index is 0.250. The summed E-state index contributed by atoms with van der Waals surface area (Å²) in [6.45, 7) is 0.250. The molecule has 1 aromatic heterocycles. The Labute approximate surface area is 90.5 Å². The molecule has 0 aromatic carbocycles. The lowest BCUT2D eigenvalue weighted by molar-refractivity contribution is -0.141. The monoisotopic (exact) mass is 229 g/mol. The van der Waals surface area contributed by atoms with E-state index in [9.17, 15) is 13.2 Å². The van der Waals surface area contributed by atoms with Crippen LogP contribution in [0.3, 0.4) is 0 Å². The molecule has 0 aliphatic heterocycles. The molecule has 1 aromatic rings. The third-order valence-electron chi connectivity index (χ3n) is 2.94. The maximum absolute atomic E-state index is 12.3. The van der Waals surface area contributed by atoms with Crippen molar-refractivity contribution in [2.45, 2.75) is 32.0 Å². The third kappa shape index (κ3) is 1.90. The van der Waals surface area contributed by atoms with Crippen LogP contribution in [0.2, 0.25) is 0 Å². The van der Waals surface area contributed by atoms with Gasteiger partial charge in [-0.2, -0.15) is 23.5 Å². The summed E-state index contributed by atoms with van der Waals surface area (Å²) >= 11 is 0. The van der Waals surface area contributed by atoms with Crippen LogP contribution in [0, 0.1) is 16.7 Å². The van der Waals surface area contributed by atoms with Gasteiger partial charge in [-0.3, -0.25) is 4.68 Å². The fraction of sp³-hybridized carbons (Fsp3) is 0.600. The van der Waals surface area contributed by atoms with Crippen molar-refractivity contribution in [3.63, 3.8) is 0 Å². The number of alkyl halides is 3. The van der Waals surface area contributed by atoms with Crippen LogP contribution in [-0.2, 0) is 12.7 Å². The summed E-state index contributed by atoms with van der Waals surface area (Å²) in [4.78, 5) is 0. The average Bonchev–Trinajstić information content (AvgIpc) is 2.58. The zero-order chi connectivity index (χ0) is 11.8. The molecule has 1 saturated carbocycles. The van der Waals surface area contributed by atoms with E-state index in [1.165, 1.54) is 10.9 Å². The summed E-state index contributed by atoms with van der Waals surface area (Å²) in [7, 11) is 0. The summed E-state index contributed by atoms with van der Waals surface area (Å²) in [6.07, 6.45) is -0.693. The van der Waals surface area contributed by atoms with Crippen molar-refractivity contribution in [1.82, 2.24) is 9.78 Å². The Hall–Kier alpha value is -1.51. The van der Waals surface area contributed by atoms with E-state index < -0.39 is 17.3 Å². The normalized spacial score (nSPS) is 18.9. The molecule has 86 valence electrons. The maximum Gasteiger partial charge on any atom is 0.435 e. The minimum atomic E-state index is -4.41. The summed E-state index contributed by atoms with van der Waals surface area (Å²) in [6, 6.07) is 3.10. The molecule has 0 spiro atoms.